The average molecular weight is 538 g/mol. The Hall–Kier alpha value is -4.20. The third-order valence-corrected chi connectivity index (χ3v) is 5.56. The van der Waals surface area contributed by atoms with Crippen molar-refractivity contribution < 1.29 is 44.1 Å². The Labute approximate surface area is 219 Å². The lowest BCUT2D eigenvalue weighted by Gasteiger charge is -2.27. The maximum absolute atomic E-state index is 13.0. The van der Waals surface area contributed by atoms with Crippen LogP contribution in [0.1, 0.15) is 45.1 Å². The summed E-state index contributed by atoms with van der Waals surface area (Å²) in [5, 5.41) is 35.2. The number of phenols is 1. The monoisotopic (exact) mass is 537 g/mol. The van der Waals surface area contributed by atoms with Gasteiger partial charge in [-0.15, -0.1) is 0 Å². The molecule has 0 aliphatic carbocycles. The Morgan fingerprint density at radius 1 is 0.816 bits per heavy atom. The second-order valence-electron chi connectivity index (χ2n) is 9.11. The van der Waals surface area contributed by atoms with Crippen LogP contribution in [0.25, 0.3) is 0 Å². The Bertz CT molecular complexity index is 1010. The average Bonchev–Trinajstić information content (AvgIpc) is 2.83. The fourth-order valence-corrected chi connectivity index (χ4v) is 3.36. The third-order valence-electron chi connectivity index (χ3n) is 5.56. The van der Waals surface area contributed by atoms with Crippen LogP contribution >= 0.6 is 0 Å². The molecule has 4 atom stereocenters. The van der Waals surface area contributed by atoms with E-state index < -0.39 is 72.1 Å². The number of phenolic OH excluding ortho intramolecular Hbond substituents is 1. The zero-order valence-electron chi connectivity index (χ0n) is 21.2. The first-order valence-electron chi connectivity index (χ1n) is 11.9. The summed E-state index contributed by atoms with van der Waals surface area (Å²) >= 11 is 0. The summed E-state index contributed by atoms with van der Waals surface area (Å²) in [5.41, 5.74) is 11.3. The van der Waals surface area contributed by atoms with Crippen LogP contribution in [0.3, 0.4) is 0 Å². The van der Waals surface area contributed by atoms with Gasteiger partial charge in [0.1, 0.15) is 23.9 Å². The van der Waals surface area contributed by atoms with Gasteiger partial charge in [-0.1, -0.05) is 26.0 Å². The first-order chi connectivity index (χ1) is 17.7. The number of primary amides is 1. The minimum absolute atomic E-state index is 0.0262. The molecule has 4 amide bonds. The van der Waals surface area contributed by atoms with E-state index in [4.69, 9.17) is 16.6 Å². The highest BCUT2D eigenvalue weighted by molar-refractivity contribution is 5.94. The van der Waals surface area contributed by atoms with E-state index in [-0.39, 0.29) is 31.4 Å². The van der Waals surface area contributed by atoms with E-state index >= 15 is 0 Å². The Balaban J connectivity index is 3.00. The Morgan fingerprint density at radius 3 is 1.89 bits per heavy atom. The molecule has 14 heteroatoms. The normalized spacial score (nSPS) is 14.0. The van der Waals surface area contributed by atoms with Gasteiger partial charge >= 0.3 is 11.9 Å². The standard InChI is InChI=1S/C24H35N5O9/c1-12(2)20(29-21(34)15(25)7-9-18(26)31)23(36)27-16(8-10-19(32)33)22(35)28-17(24(37)38)11-13-3-5-14(30)6-4-13/h3-6,12,15-17,20,30H,7-11,25H2,1-2H3,(H2,26,31)(H,27,36)(H,28,35)(H,29,34)(H,32,33)(H,37,38). The van der Waals surface area contributed by atoms with Gasteiger partial charge in [-0.05, 0) is 36.5 Å². The van der Waals surface area contributed by atoms with Crippen LogP contribution in [0.15, 0.2) is 24.3 Å². The number of carboxylic acid groups (broad SMARTS) is 2. The highest BCUT2D eigenvalue weighted by Gasteiger charge is 2.32. The summed E-state index contributed by atoms with van der Waals surface area (Å²) in [5.74, 6) is -6.25. The molecule has 0 aromatic heterocycles. The van der Waals surface area contributed by atoms with Gasteiger partial charge in [0, 0.05) is 19.3 Å². The minimum Gasteiger partial charge on any atom is -0.508 e. The number of aromatic hydroxyl groups is 1. The highest BCUT2D eigenvalue weighted by Crippen LogP contribution is 2.12. The van der Waals surface area contributed by atoms with Gasteiger partial charge in [-0.3, -0.25) is 24.0 Å². The molecule has 1 aromatic carbocycles. The molecular formula is C24H35N5O9. The third kappa shape index (κ3) is 11.2. The predicted molar refractivity (Wildman–Crippen MR) is 133 cm³/mol. The molecule has 1 rings (SSSR count). The summed E-state index contributed by atoms with van der Waals surface area (Å²) in [4.78, 5) is 72.2. The molecule has 0 bridgehead atoms. The number of carbonyl (C=O) groups is 6. The van der Waals surface area contributed by atoms with Gasteiger partial charge in [0.2, 0.25) is 23.6 Å². The number of carboxylic acids is 2. The SMILES string of the molecule is CC(C)C(NC(=O)C(N)CCC(N)=O)C(=O)NC(CCC(=O)O)C(=O)NC(Cc1ccc(O)cc1)C(=O)O. The van der Waals surface area contributed by atoms with Crippen molar-refractivity contribution in [2.24, 2.45) is 17.4 Å². The second kappa shape index (κ2) is 15.1. The molecule has 38 heavy (non-hydrogen) atoms. The largest absolute Gasteiger partial charge is 0.508 e. The van der Waals surface area contributed by atoms with Crippen molar-refractivity contribution in [2.75, 3.05) is 0 Å². The van der Waals surface area contributed by atoms with E-state index in [1.165, 1.54) is 24.3 Å². The van der Waals surface area contributed by atoms with Crippen molar-refractivity contribution >= 4 is 35.6 Å². The van der Waals surface area contributed by atoms with E-state index in [9.17, 15) is 39.0 Å². The van der Waals surface area contributed by atoms with Gasteiger partial charge in [-0.25, -0.2) is 4.79 Å². The molecule has 0 fully saturated rings. The van der Waals surface area contributed by atoms with Crippen LogP contribution in [0, 0.1) is 5.92 Å². The molecule has 0 heterocycles. The molecular weight excluding hydrogens is 502 g/mol. The molecule has 210 valence electrons. The molecule has 0 saturated carbocycles. The number of carbonyl (C=O) groups excluding carboxylic acids is 4. The van der Waals surface area contributed by atoms with Gasteiger partial charge in [0.05, 0.1) is 6.04 Å². The quantitative estimate of drug-likeness (QED) is 0.122. The summed E-state index contributed by atoms with van der Waals surface area (Å²) in [6.45, 7) is 3.23. The van der Waals surface area contributed by atoms with Crippen molar-refractivity contribution in [1.82, 2.24) is 16.0 Å². The lowest BCUT2D eigenvalue weighted by atomic mass is 10.0. The van der Waals surface area contributed by atoms with Crippen LogP contribution in [0.5, 0.6) is 5.75 Å². The number of amides is 4. The molecule has 4 unspecified atom stereocenters. The van der Waals surface area contributed by atoms with E-state index in [0.29, 0.717) is 5.56 Å². The molecule has 14 nitrogen and oxygen atoms in total. The van der Waals surface area contributed by atoms with E-state index in [1.54, 1.807) is 13.8 Å². The molecule has 0 spiro atoms. The molecule has 0 saturated heterocycles. The smallest absolute Gasteiger partial charge is 0.326 e. The van der Waals surface area contributed by atoms with E-state index in [2.05, 4.69) is 16.0 Å². The van der Waals surface area contributed by atoms with Crippen molar-refractivity contribution in [2.45, 2.75) is 70.1 Å². The molecule has 0 aliphatic heterocycles. The van der Waals surface area contributed by atoms with Gasteiger partial charge < -0.3 is 42.7 Å². The number of rotatable bonds is 16. The summed E-state index contributed by atoms with van der Waals surface area (Å²) in [6.07, 6.45) is -1.19. The van der Waals surface area contributed by atoms with Crippen LogP contribution in [0.2, 0.25) is 0 Å². The first kappa shape index (κ1) is 31.8. The molecule has 0 aliphatic rings. The van der Waals surface area contributed by atoms with Crippen LogP contribution in [-0.4, -0.2) is 75.1 Å². The molecule has 10 N–H and O–H groups in total. The van der Waals surface area contributed by atoms with E-state index in [1.807, 2.05) is 0 Å². The fourth-order valence-electron chi connectivity index (χ4n) is 3.36. The maximum atomic E-state index is 13.0. The highest BCUT2D eigenvalue weighted by atomic mass is 16.4. The number of hydrogen-bond acceptors (Lipinski definition) is 8. The van der Waals surface area contributed by atoms with Crippen LogP contribution < -0.4 is 27.4 Å². The maximum Gasteiger partial charge on any atom is 0.326 e. The zero-order chi connectivity index (χ0) is 29.0. The first-order valence-corrected chi connectivity index (χ1v) is 11.9. The minimum atomic E-state index is -1.43. The number of nitrogens with two attached hydrogens (primary N) is 2. The van der Waals surface area contributed by atoms with E-state index in [0.717, 1.165) is 0 Å². The van der Waals surface area contributed by atoms with Crippen molar-refractivity contribution in [3.8, 4) is 5.75 Å². The summed E-state index contributed by atoms with van der Waals surface area (Å²) in [7, 11) is 0. The zero-order valence-corrected chi connectivity index (χ0v) is 21.2. The second-order valence-corrected chi connectivity index (χ2v) is 9.11. The van der Waals surface area contributed by atoms with Crippen molar-refractivity contribution in [3.63, 3.8) is 0 Å². The number of nitrogens with one attached hydrogen (secondary N) is 3. The van der Waals surface area contributed by atoms with Gasteiger partial charge in [-0.2, -0.15) is 0 Å². The number of benzene rings is 1. The Morgan fingerprint density at radius 2 is 1.39 bits per heavy atom. The fraction of sp³-hybridized carbons (Fsp3) is 0.500. The van der Waals surface area contributed by atoms with Gasteiger partial charge in [0.15, 0.2) is 0 Å². The molecule has 0 radical (unpaired) electrons. The van der Waals surface area contributed by atoms with Crippen molar-refractivity contribution in [3.05, 3.63) is 29.8 Å². The van der Waals surface area contributed by atoms with Crippen LogP contribution in [-0.2, 0) is 35.2 Å². The summed E-state index contributed by atoms with van der Waals surface area (Å²) < 4.78 is 0. The Kier molecular flexibility index (Phi) is 12.7. The van der Waals surface area contributed by atoms with Crippen LogP contribution in [0.4, 0.5) is 0 Å². The lowest BCUT2D eigenvalue weighted by molar-refractivity contribution is -0.143. The van der Waals surface area contributed by atoms with Crippen molar-refractivity contribution in [1.29, 1.82) is 0 Å². The number of hydrogen-bond donors (Lipinski definition) is 8. The summed E-state index contributed by atoms with van der Waals surface area (Å²) in [6, 6.07) is 0.518. The molecule has 1 aromatic rings. The predicted octanol–water partition coefficient (Wildman–Crippen LogP) is -1.41. The lowest BCUT2D eigenvalue weighted by Crippen LogP contribution is -2.58. The topological polar surface area (TPSA) is 251 Å². The van der Waals surface area contributed by atoms with Gasteiger partial charge in [0.25, 0.3) is 0 Å². The number of aliphatic carboxylic acids is 2.